The van der Waals surface area contributed by atoms with Crippen molar-refractivity contribution >= 4 is 11.6 Å². The van der Waals surface area contributed by atoms with Crippen LogP contribution < -0.4 is 5.32 Å². The summed E-state index contributed by atoms with van der Waals surface area (Å²) in [7, 11) is 3.51. The van der Waals surface area contributed by atoms with Crippen LogP contribution in [0.5, 0.6) is 0 Å². The van der Waals surface area contributed by atoms with Gasteiger partial charge in [0.1, 0.15) is 0 Å². The largest absolute Gasteiger partial charge is 0.417 e. The lowest BCUT2D eigenvalue weighted by molar-refractivity contribution is -0.137. The molecule has 1 aromatic carbocycles. The fraction of sp³-hybridized carbons (Fsp3) is 0.529. The van der Waals surface area contributed by atoms with Crippen molar-refractivity contribution in [3.8, 4) is 6.07 Å². The van der Waals surface area contributed by atoms with Crippen LogP contribution >= 0.6 is 0 Å². The molecule has 0 fully saturated rings. The summed E-state index contributed by atoms with van der Waals surface area (Å²) < 4.78 is 37.9. The van der Waals surface area contributed by atoms with Gasteiger partial charge in [0.05, 0.1) is 17.2 Å². The molecule has 0 aliphatic rings. The van der Waals surface area contributed by atoms with Gasteiger partial charge in [-0.1, -0.05) is 20.8 Å². The SMILES string of the molecule is CC(C)CNc1ccc(C#N)c(C(F)(F)F)c1.CCC(=O)N(C)C. The van der Waals surface area contributed by atoms with Crippen molar-refractivity contribution in [3.05, 3.63) is 29.3 Å². The number of nitrogens with zero attached hydrogens (tertiary/aromatic N) is 2. The zero-order valence-electron chi connectivity index (χ0n) is 14.7. The average Bonchev–Trinajstić information content (AvgIpc) is 2.51. The smallest absolute Gasteiger partial charge is 0.385 e. The quantitative estimate of drug-likeness (QED) is 0.894. The first kappa shape index (κ1) is 21.8. The van der Waals surface area contributed by atoms with Gasteiger partial charge >= 0.3 is 6.18 Å². The molecule has 1 rings (SSSR count). The van der Waals surface area contributed by atoms with Gasteiger partial charge in [0.15, 0.2) is 0 Å². The second-order valence-corrected chi connectivity index (χ2v) is 5.79. The van der Waals surface area contributed by atoms with E-state index in [-0.39, 0.29) is 11.5 Å². The summed E-state index contributed by atoms with van der Waals surface area (Å²) in [6, 6.07) is 5.19. The summed E-state index contributed by atoms with van der Waals surface area (Å²) in [6.45, 7) is 6.36. The van der Waals surface area contributed by atoms with E-state index in [1.807, 2.05) is 20.8 Å². The average molecular weight is 343 g/mol. The van der Waals surface area contributed by atoms with Crippen molar-refractivity contribution < 1.29 is 18.0 Å². The lowest BCUT2D eigenvalue weighted by Crippen LogP contribution is -2.19. The number of alkyl halides is 3. The summed E-state index contributed by atoms with van der Waals surface area (Å²) in [5.74, 6) is 0.514. The zero-order valence-corrected chi connectivity index (χ0v) is 14.7. The van der Waals surface area contributed by atoms with Crippen molar-refractivity contribution in [1.82, 2.24) is 4.90 Å². The Morgan fingerprint density at radius 3 is 2.25 bits per heavy atom. The Balaban J connectivity index is 0.000000640. The highest BCUT2D eigenvalue weighted by Gasteiger charge is 2.33. The van der Waals surface area contributed by atoms with Crippen molar-refractivity contribution in [2.75, 3.05) is 26.0 Å². The number of amides is 1. The monoisotopic (exact) mass is 343 g/mol. The van der Waals surface area contributed by atoms with Crippen molar-refractivity contribution in [1.29, 1.82) is 5.26 Å². The second kappa shape index (κ2) is 9.81. The lowest BCUT2D eigenvalue weighted by Gasteiger charge is -2.13. The van der Waals surface area contributed by atoms with Crippen LogP contribution in [0.1, 0.15) is 38.3 Å². The predicted octanol–water partition coefficient (Wildman–Crippen LogP) is 4.13. The first-order valence-corrected chi connectivity index (χ1v) is 7.58. The van der Waals surface area contributed by atoms with Gasteiger partial charge < -0.3 is 10.2 Å². The highest BCUT2D eigenvalue weighted by Crippen LogP contribution is 2.33. The minimum absolute atomic E-state index is 0.181. The van der Waals surface area contributed by atoms with Crippen LogP contribution in [0.2, 0.25) is 0 Å². The molecule has 0 bridgehead atoms. The molecule has 0 aromatic heterocycles. The molecule has 1 N–H and O–H groups in total. The first-order chi connectivity index (χ1) is 11.0. The minimum atomic E-state index is -4.50. The van der Waals surface area contributed by atoms with Gasteiger partial charge in [-0.2, -0.15) is 18.4 Å². The predicted molar refractivity (Wildman–Crippen MR) is 88.5 cm³/mol. The van der Waals surface area contributed by atoms with E-state index in [1.165, 1.54) is 12.1 Å². The third-order valence-corrected chi connectivity index (χ3v) is 2.96. The van der Waals surface area contributed by atoms with Crippen LogP contribution in [-0.2, 0) is 11.0 Å². The fourth-order valence-corrected chi connectivity index (χ4v) is 1.62. The lowest BCUT2D eigenvalue weighted by atomic mass is 10.1. The minimum Gasteiger partial charge on any atom is -0.385 e. The summed E-state index contributed by atoms with van der Waals surface area (Å²) in [4.78, 5) is 12.0. The molecule has 0 unspecified atom stereocenters. The number of hydrogen-bond donors (Lipinski definition) is 1. The van der Waals surface area contributed by atoms with Gasteiger partial charge in [0, 0.05) is 32.7 Å². The molecule has 0 aliphatic heterocycles. The Kier molecular flexibility index (Phi) is 8.90. The van der Waals surface area contributed by atoms with Gasteiger partial charge in [-0.05, 0) is 24.1 Å². The third-order valence-electron chi connectivity index (χ3n) is 2.96. The van der Waals surface area contributed by atoms with Crippen molar-refractivity contribution in [2.24, 2.45) is 5.92 Å². The Morgan fingerprint density at radius 2 is 1.92 bits per heavy atom. The molecule has 7 heteroatoms. The molecule has 0 aliphatic carbocycles. The zero-order chi connectivity index (χ0) is 18.9. The van der Waals surface area contributed by atoms with E-state index in [2.05, 4.69) is 5.32 Å². The van der Waals surface area contributed by atoms with Crippen molar-refractivity contribution in [3.63, 3.8) is 0 Å². The van der Waals surface area contributed by atoms with E-state index in [0.29, 0.717) is 24.6 Å². The van der Waals surface area contributed by atoms with E-state index >= 15 is 0 Å². The molecule has 0 spiro atoms. The number of nitrogens with one attached hydrogen (secondary N) is 1. The van der Waals surface area contributed by atoms with Crippen LogP contribution in [0.15, 0.2) is 18.2 Å². The highest BCUT2D eigenvalue weighted by atomic mass is 19.4. The molecule has 0 atom stereocenters. The maximum atomic E-state index is 12.6. The first-order valence-electron chi connectivity index (χ1n) is 7.58. The van der Waals surface area contributed by atoms with Gasteiger partial charge in [-0.15, -0.1) is 0 Å². The number of rotatable bonds is 4. The Morgan fingerprint density at radius 1 is 1.33 bits per heavy atom. The number of hydrogen-bond acceptors (Lipinski definition) is 3. The number of nitriles is 1. The summed E-state index contributed by atoms with van der Waals surface area (Å²) in [5, 5.41) is 11.5. The van der Waals surface area contributed by atoms with Gasteiger partial charge in [-0.25, -0.2) is 0 Å². The summed E-state index contributed by atoms with van der Waals surface area (Å²) in [6.07, 6.45) is -3.90. The molecule has 1 amide bonds. The van der Waals surface area contributed by atoms with Gasteiger partial charge in [-0.3, -0.25) is 4.79 Å². The standard InChI is InChI=1S/C12H13F3N2.C5H11NO/c1-8(2)7-17-10-4-3-9(6-16)11(5-10)12(13,14)15;1-4-5(7)6(2)3/h3-5,8,17H,7H2,1-2H3;4H2,1-3H3. The summed E-state index contributed by atoms with van der Waals surface area (Å²) >= 11 is 0. The molecule has 0 heterocycles. The van der Waals surface area contributed by atoms with Gasteiger partial charge in [0.2, 0.25) is 5.91 Å². The Hall–Kier alpha value is -2.23. The van der Waals surface area contributed by atoms with Crippen LogP contribution in [0.3, 0.4) is 0 Å². The van der Waals surface area contributed by atoms with Crippen LogP contribution in [0.4, 0.5) is 18.9 Å². The molecular formula is C17H24F3N3O. The Labute approximate surface area is 141 Å². The summed E-state index contributed by atoms with van der Waals surface area (Å²) in [5.41, 5.74) is -0.869. The molecule has 0 radical (unpaired) electrons. The number of carbonyl (C=O) groups is 1. The highest BCUT2D eigenvalue weighted by molar-refractivity contribution is 5.75. The topological polar surface area (TPSA) is 56.1 Å². The van der Waals surface area contributed by atoms with Crippen molar-refractivity contribution in [2.45, 2.75) is 33.4 Å². The van der Waals surface area contributed by atoms with Crippen LogP contribution in [-0.4, -0.2) is 31.4 Å². The van der Waals surface area contributed by atoms with Crippen LogP contribution in [0, 0.1) is 17.2 Å². The van der Waals surface area contributed by atoms with Gasteiger partial charge in [0.25, 0.3) is 0 Å². The van der Waals surface area contributed by atoms with E-state index in [0.717, 1.165) is 6.07 Å². The van der Waals surface area contributed by atoms with Crippen LogP contribution in [0.25, 0.3) is 0 Å². The number of halogens is 3. The van der Waals surface area contributed by atoms with E-state index in [4.69, 9.17) is 5.26 Å². The molecular weight excluding hydrogens is 319 g/mol. The maximum Gasteiger partial charge on any atom is 0.417 e. The normalized spacial score (nSPS) is 10.5. The Bertz CT molecular complexity index is 575. The second-order valence-electron chi connectivity index (χ2n) is 5.79. The molecule has 0 saturated carbocycles. The molecule has 0 saturated heterocycles. The number of benzene rings is 1. The van der Waals surface area contributed by atoms with E-state index in [1.54, 1.807) is 25.1 Å². The van der Waals surface area contributed by atoms with E-state index in [9.17, 15) is 18.0 Å². The fourth-order valence-electron chi connectivity index (χ4n) is 1.62. The molecule has 4 nitrogen and oxygen atoms in total. The number of anilines is 1. The molecule has 24 heavy (non-hydrogen) atoms. The van der Waals surface area contributed by atoms with E-state index < -0.39 is 11.7 Å². The maximum absolute atomic E-state index is 12.6. The molecule has 134 valence electrons. The third kappa shape index (κ3) is 7.86. The number of carbonyl (C=O) groups excluding carboxylic acids is 1. The molecule has 1 aromatic rings.